The molecule has 8 nitrogen and oxygen atoms in total. The fourth-order valence-corrected chi connectivity index (χ4v) is 5.85. The monoisotopic (exact) mass is 608 g/mol. The number of nitrogens with zero attached hydrogens (tertiary/aromatic N) is 2. The van der Waals surface area contributed by atoms with Gasteiger partial charge in [0.2, 0.25) is 0 Å². The highest BCUT2D eigenvalue weighted by atomic mass is 79.9. The molecule has 2 aliphatic heterocycles. The lowest BCUT2D eigenvalue weighted by Crippen LogP contribution is -2.47. The molecule has 1 saturated heterocycles. The van der Waals surface area contributed by atoms with Crippen LogP contribution in [0, 0.1) is 17.6 Å². The van der Waals surface area contributed by atoms with Crippen LogP contribution < -0.4 is 21.1 Å². The number of hydrogen-bond donors (Lipinski definition) is 2. The van der Waals surface area contributed by atoms with Crippen LogP contribution >= 0.6 is 15.9 Å². The molecule has 0 aliphatic carbocycles. The molecule has 40 heavy (non-hydrogen) atoms. The summed E-state index contributed by atoms with van der Waals surface area (Å²) in [5.74, 6) is -2.72. The molecular weight excluding hydrogens is 586 g/mol. The first-order valence-electron chi connectivity index (χ1n) is 12.7. The quantitative estimate of drug-likeness (QED) is 0.307. The summed E-state index contributed by atoms with van der Waals surface area (Å²) in [5.41, 5.74) is 2.39. The zero-order valence-corrected chi connectivity index (χ0v) is 22.6. The lowest BCUT2D eigenvalue weighted by atomic mass is 9.83. The molecule has 1 fully saturated rings. The molecule has 2 amide bonds. The van der Waals surface area contributed by atoms with Gasteiger partial charge in [-0.3, -0.25) is 14.4 Å². The van der Waals surface area contributed by atoms with Crippen molar-refractivity contribution in [2.75, 3.05) is 28.6 Å². The molecule has 0 spiro atoms. The molecule has 0 saturated carbocycles. The topological polar surface area (TPSA) is 96.6 Å². The Morgan fingerprint density at radius 3 is 2.52 bits per heavy atom. The van der Waals surface area contributed by atoms with Gasteiger partial charge in [0, 0.05) is 54.6 Å². The molecule has 2 bridgehead atoms. The molecule has 204 valence electrons. The first kappa shape index (κ1) is 26.0. The van der Waals surface area contributed by atoms with Gasteiger partial charge in [-0.1, -0.05) is 6.07 Å². The fraction of sp³-hybridized carbons (Fsp3) is 0.207. The first-order chi connectivity index (χ1) is 19.2. The summed E-state index contributed by atoms with van der Waals surface area (Å²) in [7, 11) is 0. The first-order valence-corrected chi connectivity index (χ1v) is 13.5. The standard InChI is InChI=1S/C29H23BrF2N4O4/c30-26-9-8-25(40-26)29(39)34-22-11-17(28(38)33-19-5-6-20(31)21(32)12-19)4-7-24(22)35-13-16-10-18(15-35)23-2-1-3-27(37)36(23)14-16/h1-9,11-12,16,18H,10,13-15H2,(H,33,38)(H,34,39)/t16-,18+/m1/s1. The van der Waals surface area contributed by atoms with E-state index in [-0.39, 0.29) is 34.4 Å². The van der Waals surface area contributed by atoms with Gasteiger partial charge in [-0.25, -0.2) is 8.78 Å². The number of furan rings is 1. The van der Waals surface area contributed by atoms with E-state index >= 15 is 0 Å². The third-order valence-corrected chi connectivity index (χ3v) is 7.73. The van der Waals surface area contributed by atoms with E-state index in [0.29, 0.717) is 35.7 Å². The van der Waals surface area contributed by atoms with Crippen molar-refractivity contribution < 1.29 is 22.8 Å². The van der Waals surface area contributed by atoms with Crippen molar-refractivity contribution in [2.24, 2.45) is 5.92 Å². The van der Waals surface area contributed by atoms with Gasteiger partial charge < -0.3 is 24.5 Å². The second-order valence-corrected chi connectivity index (χ2v) is 10.8. The van der Waals surface area contributed by atoms with Crippen molar-refractivity contribution >= 4 is 44.8 Å². The van der Waals surface area contributed by atoms with E-state index in [9.17, 15) is 23.2 Å². The fourth-order valence-electron chi connectivity index (χ4n) is 5.54. The van der Waals surface area contributed by atoms with Crippen LogP contribution in [0.5, 0.6) is 0 Å². The van der Waals surface area contributed by atoms with Gasteiger partial charge in [-0.2, -0.15) is 0 Å². The predicted octanol–water partition coefficient (Wildman–Crippen LogP) is 5.61. The summed E-state index contributed by atoms with van der Waals surface area (Å²) in [6.45, 7) is 1.89. The summed E-state index contributed by atoms with van der Waals surface area (Å²) in [4.78, 5) is 40.7. The van der Waals surface area contributed by atoms with E-state index in [1.165, 1.54) is 12.1 Å². The maximum atomic E-state index is 13.7. The van der Waals surface area contributed by atoms with E-state index in [2.05, 4.69) is 31.5 Å². The number of fused-ring (bicyclic) bond motifs is 4. The largest absolute Gasteiger partial charge is 0.444 e. The Hall–Kier alpha value is -4.25. The Labute approximate surface area is 235 Å². The number of pyridine rings is 1. The maximum Gasteiger partial charge on any atom is 0.291 e. The molecular formula is C29H23BrF2N4O4. The molecule has 2 N–H and O–H groups in total. The van der Waals surface area contributed by atoms with Crippen LogP contribution in [0.1, 0.15) is 38.9 Å². The predicted molar refractivity (Wildman–Crippen MR) is 149 cm³/mol. The third-order valence-electron chi connectivity index (χ3n) is 7.30. The van der Waals surface area contributed by atoms with E-state index in [1.54, 1.807) is 36.4 Å². The van der Waals surface area contributed by atoms with E-state index in [4.69, 9.17) is 4.42 Å². The SMILES string of the molecule is O=C(Nc1ccc(F)c(F)c1)c1ccc(N2C[C@H]3C[C@@H](C2)c2cccc(=O)n2C3)c(NC(=O)c2ccc(Br)o2)c1. The molecule has 2 aromatic carbocycles. The van der Waals surface area contributed by atoms with E-state index in [0.717, 1.165) is 24.2 Å². The number of carbonyl (C=O) groups is 2. The number of benzene rings is 2. The summed E-state index contributed by atoms with van der Waals surface area (Å²) in [5, 5.41) is 5.43. The van der Waals surface area contributed by atoms with Crippen molar-refractivity contribution in [1.29, 1.82) is 0 Å². The van der Waals surface area contributed by atoms with Crippen LogP contribution in [0.3, 0.4) is 0 Å². The molecule has 4 aromatic rings. The van der Waals surface area contributed by atoms with Gasteiger partial charge in [0.25, 0.3) is 17.4 Å². The smallest absolute Gasteiger partial charge is 0.291 e. The number of aromatic nitrogens is 1. The molecule has 11 heteroatoms. The van der Waals surface area contributed by atoms with Crippen LogP contribution in [-0.4, -0.2) is 29.5 Å². The minimum absolute atomic E-state index is 0.00499. The van der Waals surface area contributed by atoms with E-state index in [1.807, 2.05) is 10.6 Å². The lowest BCUT2D eigenvalue weighted by molar-refractivity contribution is 0.0992. The maximum absolute atomic E-state index is 13.7. The average molecular weight is 609 g/mol. The highest BCUT2D eigenvalue weighted by Gasteiger charge is 2.35. The van der Waals surface area contributed by atoms with Crippen molar-refractivity contribution in [2.45, 2.75) is 18.9 Å². The molecule has 6 rings (SSSR count). The number of rotatable bonds is 5. The number of halogens is 3. The molecule has 4 heterocycles. The van der Waals surface area contributed by atoms with Gasteiger partial charge in [-0.05, 0) is 76.8 Å². The number of anilines is 3. The number of piperidine rings is 1. The Morgan fingerprint density at radius 2 is 1.75 bits per heavy atom. The van der Waals surface area contributed by atoms with Crippen LogP contribution in [0.25, 0.3) is 0 Å². The van der Waals surface area contributed by atoms with Gasteiger partial charge in [0.1, 0.15) is 0 Å². The number of hydrogen-bond acceptors (Lipinski definition) is 5. The second-order valence-electron chi connectivity index (χ2n) is 9.98. The van der Waals surface area contributed by atoms with Crippen LogP contribution in [-0.2, 0) is 6.54 Å². The van der Waals surface area contributed by atoms with Crippen LogP contribution in [0.15, 0.2) is 80.6 Å². The minimum atomic E-state index is -1.08. The van der Waals surface area contributed by atoms with Gasteiger partial charge in [0.05, 0.1) is 11.4 Å². The summed E-state index contributed by atoms with van der Waals surface area (Å²) >= 11 is 3.20. The van der Waals surface area contributed by atoms with Gasteiger partial charge in [0.15, 0.2) is 22.1 Å². The highest BCUT2D eigenvalue weighted by Crippen LogP contribution is 2.39. The Kier molecular flexibility index (Phi) is 6.75. The summed E-state index contributed by atoms with van der Waals surface area (Å²) < 4.78 is 34.6. The minimum Gasteiger partial charge on any atom is -0.444 e. The van der Waals surface area contributed by atoms with Crippen molar-refractivity contribution in [3.8, 4) is 0 Å². The molecule has 2 atom stereocenters. The molecule has 0 radical (unpaired) electrons. The zero-order chi connectivity index (χ0) is 28.0. The average Bonchev–Trinajstić information content (AvgIpc) is 3.37. The Bertz CT molecular complexity index is 1700. The molecule has 0 unspecified atom stereocenters. The van der Waals surface area contributed by atoms with E-state index < -0.39 is 23.4 Å². The molecule has 2 aliphatic rings. The zero-order valence-electron chi connectivity index (χ0n) is 21.0. The number of amides is 2. The number of nitrogens with one attached hydrogen (secondary N) is 2. The normalized spacial score (nSPS) is 17.7. The van der Waals surface area contributed by atoms with Gasteiger partial charge in [-0.15, -0.1) is 0 Å². The third kappa shape index (κ3) is 5.04. The Balaban J connectivity index is 1.32. The highest BCUT2D eigenvalue weighted by molar-refractivity contribution is 9.10. The molecule has 2 aromatic heterocycles. The van der Waals surface area contributed by atoms with Crippen LogP contribution in [0.2, 0.25) is 0 Å². The van der Waals surface area contributed by atoms with Crippen molar-refractivity contribution in [1.82, 2.24) is 4.57 Å². The summed E-state index contributed by atoms with van der Waals surface area (Å²) in [6, 6.07) is 16.5. The van der Waals surface area contributed by atoms with Crippen LogP contribution in [0.4, 0.5) is 25.8 Å². The van der Waals surface area contributed by atoms with Gasteiger partial charge >= 0.3 is 0 Å². The van der Waals surface area contributed by atoms with Crippen molar-refractivity contribution in [3.63, 3.8) is 0 Å². The summed E-state index contributed by atoms with van der Waals surface area (Å²) in [6.07, 6.45) is 0.955. The lowest BCUT2D eigenvalue weighted by Gasteiger charge is -2.44. The second kappa shape index (κ2) is 10.4. The Morgan fingerprint density at radius 1 is 0.900 bits per heavy atom. The number of carbonyl (C=O) groups excluding carboxylic acids is 2. The van der Waals surface area contributed by atoms with Crippen molar-refractivity contribution in [3.05, 3.63) is 110 Å².